The van der Waals surface area contributed by atoms with Crippen LogP contribution in [0, 0.1) is 0 Å². The summed E-state index contributed by atoms with van der Waals surface area (Å²) in [7, 11) is 0. The maximum Gasteiger partial charge on any atom is 0.217 e. The number of nitrogens with one attached hydrogen (secondary N) is 2. The minimum Gasteiger partial charge on any atom is -0.394 e. The van der Waals surface area contributed by atoms with E-state index in [0.29, 0.717) is 17.0 Å². The van der Waals surface area contributed by atoms with Crippen molar-refractivity contribution >= 4 is 22.7 Å². The van der Waals surface area contributed by atoms with Crippen molar-refractivity contribution in [3.63, 3.8) is 0 Å². The van der Waals surface area contributed by atoms with Crippen LogP contribution in [0.4, 0.5) is 11.5 Å². The molecule has 1 aliphatic rings. The van der Waals surface area contributed by atoms with E-state index >= 15 is 0 Å². The van der Waals surface area contributed by atoms with Gasteiger partial charge in [-0.3, -0.25) is 4.57 Å². The second-order valence-corrected chi connectivity index (χ2v) is 6.69. The average Bonchev–Trinajstić information content (AvgIpc) is 3.50. The summed E-state index contributed by atoms with van der Waals surface area (Å²) in [4.78, 5) is 13.3. The van der Waals surface area contributed by atoms with Gasteiger partial charge in [-0.2, -0.15) is 0 Å². The first-order chi connectivity index (χ1) is 14.7. The zero-order chi connectivity index (χ0) is 20.7. The molecule has 13 nitrogen and oxygen atoms in total. The van der Waals surface area contributed by atoms with Crippen LogP contribution in [0.1, 0.15) is 6.23 Å². The smallest absolute Gasteiger partial charge is 0.217 e. The molecule has 5 N–H and O–H groups in total. The lowest BCUT2D eigenvalue weighted by Gasteiger charge is -2.17. The molecule has 5 rings (SSSR count). The van der Waals surface area contributed by atoms with E-state index in [1.807, 2.05) is 30.3 Å². The van der Waals surface area contributed by atoms with Gasteiger partial charge in [-0.1, -0.05) is 18.2 Å². The molecule has 0 radical (unpaired) electrons. The summed E-state index contributed by atoms with van der Waals surface area (Å²) >= 11 is 0. The standard InChI is InChI=1S/C17H17N9O4/c27-6-9-11(28)12(29)17(30-9)26-7-18-10-13(19-8-4-2-1-3-5-8)20-14(21-16(10)26)15-22-24-25-23-15/h1-5,7,9,11-12,17,27-29H,6H2,(H,19,20,21)(H,22,23,24,25)/t9-,11+,12+,17-/m1/s1. The number of H-pyrrole nitrogens is 1. The summed E-state index contributed by atoms with van der Waals surface area (Å²) in [6, 6.07) is 9.38. The fraction of sp³-hybridized carbons (Fsp3) is 0.294. The normalized spacial score (nSPS) is 23.8. The van der Waals surface area contributed by atoms with Crippen molar-refractivity contribution in [1.82, 2.24) is 40.1 Å². The van der Waals surface area contributed by atoms with Crippen LogP contribution < -0.4 is 5.32 Å². The van der Waals surface area contributed by atoms with Crippen LogP contribution in [0.15, 0.2) is 36.7 Å². The van der Waals surface area contributed by atoms with Crippen molar-refractivity contribution in [1.29, 1.82) is 0 Å². The summed E-state index contributed by atoms with van der Waals surface area (Å²) in [6.07, 6.45) is -3.03. The molecule has 0 amide bonds. The van der Waals surface area contributed by atoms with Crippen LogP contribution in [-0.4, -0.2) is 80.4 Å². The predicted molar refractivity (Wildman–Crippen MR) is 101 cm³/mol. The second kappa shape index (κ2) is 7.38. The number of tetrazole rings is 1. The average molecular weight is 411 g/mol. The van der Waals surface area contributed by atoms with E-state index in [-0.39, 0.29) is 11.6 Å². The Morgan fingerprint density at radius 3 is 2.67 bits per heavy atom. The first-order valence-electron chi connectivity index (χ1n) is 9.09. The minimum absolute atomic E-state index is 0.194. The Morgan fingerprint density at radius 2 is 1.97 bits per heavy atom. The van der Waals surface area contributed by atoms with E-state index < -0.39 is 31.1 Å². The van der Waals surface area contributed by atoms with Crippen molar-refractivity contribution in [3.8, 4) is 11.6 Å². The maximum atomic E-state index is 10.4. The summed E-state index contributed by atoms with van der Waals surface area (Å²) in [6.45, 7) is -0.438. The molecule has 0 unspecified atom stereocenters. The zero-order valence-corrected chi connectivity index (χ0v) is 15.4. The number of aromatic nitrogens is 8. The van der Waals surface area contributed by atoms with E-state index in [0.717, 1.165) is 5.69 Å². The number of anilines is 2. The molecule has 30 heavy (non-hydrogen) atoms. The Morgan fingerprint density at radius 1 is 1.13 bits per heavy atom. The number of ether oxygens (including phenoxy) is 1. The molecule has 0 aliphatic carbocycles. The van der Waals surface area contributed by atoms with E-state index in [1.54, 1.807) is 0 Å². The summed E-state index contributed by atoms with van der Waals surface area (Å²) in [5.74, 6) is 0.824. The summed E-state index contributed by atoms with van der Waals surface area (Å²) in [5, 5.41) is 46.7. The van der Waals surface area contributed by atoms with Gasteiger partial charge in [0.1, 0.15) is 18.3 Å². The van der Waals surface area contributed by atoms with Gasteiger partial charge in [0.2, 0.25) is 11.6 Å². The van der Waals surface area contributed by atoms with Crippen molar-refractivity contribution < 1.29 is 20.1 Å². The number of aliphatic hydroxyl groups excluding tert-OH is 3. The van der Waals surface area contributed by atoms with Gasteiger partial charge >= 0.3 is 0 Å². The molecular weight excluding hydrogens is 394 g/mol. The van der Waals surface area contributed by atoms with E-state index in [1.165, 1.54) is 10.9 Å². The molecule has 3 aromatic heterocycles. The van der Waals surface area contributed by atoms with Gasteiger partial charge in [-0.05, 0) is 22.6 Å². The zero-order valence-electron chi connectivity index (χ0n) is 15.4. The van der Waals surface area contributed by atoms with E-state index in [4.69, 9.17) is 4.74 Å². The number of aliphatic hydroxyl groups is 3. The molecule has 1 aromatic carbocycles. The van der Waals surface area contributed by atoms with Crippen LogP contribution in [0.5, 0.6) is 0 Å². The summed E-state index contributed by atoms with van der Waals surface area (Å²) < 4.78 is 7.10. The third-order valence-corrected chi connectivity index (χ3v) is 4.81. The van der Waals surface area contributed by atoms with Crippen LogP contribution in [-0.2, 0) is 4.74 Å². The number of nitrogens with zero attached hydrogens (tertiary/aromatic N) is 7. The van der Waals surface area contributed by atoms with Crippen LogP contribution >= 0.6 is 0 Å². The molecule has 4 heterocycles. The number of para-hydroxylation sites is 1. The molecule has 13 heteroatoms. The molecule has 1 fully saturated rings. The molecule has 0 bridgehead atoms. The van der Waals surface area contributed by atoms with Gasteiger partial charge in [0.15, 0.2) is 23.2 Å². The van der Waals surface area contributed by atoms with Crippen LogP contribution in [0.25, 0.3) is 22.8 Å². The third kappa shape index (κ3) is 3.05. The first-order valence-corrected chi connectivity index (χ1v) is 9.09. The SMILES string of the molecule is OC[C@H]1O[C@@H](n2cnc3c(Nc4ccccc4)nc(-c4nnn[nH]4)nc32)[C@@H](O)[C@H]1O. The van der Waals surface area contributed by atoms with Gasteiger partial charge < -0.3 is 25.4 Å². The minimum atomic E-state index is -1.28. The molecule has 154 valence electrons. The lowest BCUT2D eigenvalue weighted by atomic mass is 10.1. The molecule has 4 aromatic rings. The van der Waals surface area contributed by atoms with E-state index in [9.17, 15) is 15.3 Å². The highest BCUT2D eigenvalue weighted by molar-refractivity contribution is 5.86. The predicted octanol–water partition coefficient (Wildman–Crippen LogP) is -0.639. The lowest BCUT2D eigenvalue weighted by molar-refractivity contribution is -0.0511. The Hall–Kier alpha value is -3.52. The maximum absolute atomic E-state index is 10.4. The Labute approximate surface area is 168 Å². The number of benzene rings is 1. The van der Waals surface area contributed by atoms with Gasteiger partial charge in [0, 0.05) is 5.69 Å². The molecule has 0 saturated carbocycles. The fourth-order valence-electron chi connectivity index (χ4n) is 3.32. The number of hydrogen-bond donors (Lipinski definition) is 5. The lowest BCUT2D eigenvalue weighted by Crippen LogP contribution is -2.33. The van der Waals surface area contributed by atoms with Gasteiger partial charge in [-0.25, -0.2) is 20.1 Å². The largest absolute Gasteiger partial charge is 0.394 e. The highest BCUT2D eigenvalue weighted by Crippen LogP contribution is 2.33. The quantitative estimate of drug-likeness (QED) is 0.282. The number of hydrogen-bond acceptors (Lipinski definition) is 11. The second-order valence-electron chi connectivity index (χ2n) is 6.69. The third-order valence-electron chi connectivity index (χ3n) is 4.81. The molecule has 1 aliphatic heterocycles. The highest BCUT2D eigenvalue weighted by Gasteiger charge is 2.44. The molecule has 0 spiro atoms. The fourth-order valence-corrected chi connectivity index (χ4v) is 3.32. The van der Waals surface area contributed by atoms with Crippen molar-refractivity contribution in [2.24, 2.45) is 0 Å². The Bertz CT molecular complexity index is 1150. The van der Waals surface area contributed by atoms with E-state index in [2.05, 4.69) is 40.9 Å². The molecule has 4 atom stereocenters. The topological polar surface area (TPSA) is 180 Å². The molecule has 1 saturated heterocycles. The Balaban J connectivity index is 1.64. The molecular formula is C17H17N9O4. The van der Waals surface area contributed by atoms with Gasteiger partial charge in [0.05, 0.1) is 12.9 Å². The first kappa shape index (κ1) is 18.5. The number of aromatic amines is 1. The van der Waals surface area contributed by atoms with Crippen molar-refractivity contribution in [2.75, 3.05) is 11.9 Å². The van der Waals surface area contributed by atoms with Gasteiger partial charge in [0.25, 0.3) is 0 Å². The monoisotopic (exact) mass is 411 g/mol. The van der Waals surface area contributed by atoms with Crippen LogP contribution in [0.3, 0.4) is 0 Å². The number of imidazole rings is 1. The number of fused-ring (bicyclic) bond motifs is 1. The van der Waals surface area contributed by atoms with Crippen molar-refractivity contribution in [3.05, 3.63) is 36.7 Å². The number of rotatable bonds is 5. The van der Waals surface area contributed by atoms with Gasteiger partial charge in [-0.15, -0.1) is 5.10 Å². The highest BCUT2D eigenvalue weighted by atomic mass is 16.6. The summed E-state index contributed by atoms with van der Waals surface area (Å²) in [5.41, 5.74) is 1.51. The Kier molecular flexibility index (Phi) is 4.55. The van der Waals surface area contributed by atoms with Crippen molar-refractivity contribution in [2.45, 2.75) is 24.5 Å². The van der Waals surface area contributed by atoms with Crippen LogP contribution in [0.2, 0.25) is 0 Å².